The first kappa shape index (κ1) is 20.1. The summed E-state index contributed by atoms with van der Waals surface area (Å²) >= 11 is 0. The first-order valence-corrected chi connectivity index (χ1v) is 9.22. The molecule has 1 saturated heterocycles. The van der Waals surface area contributed by atoms with E-state index in [0.29, 0.717) is 12.1 Å². The lowest BCUT2D eigenvalue weighted by Gasteiger charge is -2.26. The van der Waals surface area contributed by atoms with E-state index in [0.717, 1.165) is 43.8 Å². The number of pyridine rings is 1. The molecule has 28 heavy (non-hydrogen) atoms. The minimum Gasteiger partial charge on any atom is -0.348 e. The van der Waals surface area contributed by atoms with Crippen LogP contribution >= 0.6 is 0 Å². The van der Waals surface area contributed by atoms with Gasteiger partial charge >= 0.3 is 6.18 Å². The second kappa shape index (κ2) is 8.60. The third kappa shape index (κ3) is 5.22. The van der Waals surface area contributed by atoms with Gasteiger partial charge in [-0.25, -0.2) is 0 Å². The molecule has 150 valence electrons. The zero-order valence-corrected chi connectivity index (χ0v) is 15.3. The summed E-state index contributed by atoms with van der Waals surface area (Å²) in [5.41, 5.74) is -0.299. The molecule has 0 saturated carbocycles. The van der Waals surface area contributed by atoms with Gasteiger partial charge in [0, 0.05) is 18.8 Å². The molecule has 0 radical (unpaired) electrons. The number of hydrogen-bond acceptors (Lipinski definition) is 3. The van der Waals surface area contributed by atoms with Crippen molar-refractivity contribution in [1.29, 1.82) is 0 Å². The molecule has 1 aromatic heterocycles. The van der Waals surface area contributed by atoms with Gasteiger partial charge in [-0.2, -0.15) is 13.2 Å². The maximum absolute atomic E-state index is 12.8. The zero-order chi connectivity index (χ0) is 20.1. The number of benzene rings is 1. The van der Waals surface area contributed by atoms with E-state index in [1.165, 1.54) is 24.6 Å². The normalized spacial score (nSPS) is 15.4. The van der Waals surface area contributed by atoms with Gasteiger partial charge in [-0.3, -0.25) is 14.5 Å². The van der Waals surface area contributed by atoms with Crippen molar-refractivity contribution in [3.05, 3.63) is 69.1 Å². The number of nitrogens with zero attached hydrogens (tertiary/aromatic N) is 1. The SMILES string of the molecule is O=C(NCc1cccc(C(F)(F)F)c1)c1ccc(CN2CCCCC2)[nH]c1=O. The number of nitrogens with one attached hydrogen (secondary N) is 2. The lowest BCUT2D eigenvalue weighted by molar-refractivity contribution is -0.137. The second-order valence-corrected chi connectivity index (χ2v) is 6.94. The van der Waals surface area contributed by atoms with Crippen molar-refractivity contribution in [2.45, 2.75) is 38.5 Å². The Kier molecular flexibility index (Phi) is 6.18. The van der Waals surface area contributed by atoms with Crippen molar-refractivity contribution in [3.63, 3.8) is 0 Å². The third-order valence-corrected chi connectivity index (χ3v) is 4.76. The van der Waals surface area contributed by atoms with Crippen molar-refractivity contribution >= 4 is 5.91 Å². The van der Waals surface area contributed by atoms with Crippen LogP contribution in [0.4, 0.5) is 13.2 Å². The smallest absolute Gasteiger partial charge is 0.348 e. The van der Waals surface area contributed by atoms with Gasteiger partial charge in [0.2, 0.25) is 0 Å². The van der Waals surface area contributed by atoms with E-state index in [1.54, 1.807) is 6.07 Å². The van der Waals surface area contributed by atoms with Crippen LogP contribution in [0.15, 0.2) is 41.2 Å². The summed E-state index contributed by atoms with van der Waals surface area (Å²) in [5.74, 6) is -0.622. The average Bonchev–Trinajstić information content (AvgIpc) is 2.67. The van der Waals surface area contributed by atoms with Gasteiger partial charge in [0.25, 0.3) is 11.5 Å². The molecule has 3 rings (SSSR count). The Balaban J connectivity index is 1.62. The summed E-state index contributed by atoms with van der Waals surface area (Å²) in [5, 5.41) is 2.50. The summed E-state index contributed by atoms with van der Waals surface area (Å²) < 4.78 is 38.3. The molecule has 0 unspecified atom stereocenters. The van der Waals surface area contributed by atoms with Crippen LogP contribution in [0.1, 0.15) is 46.4 Å². The minimum atomic E-state index is -4.44. The molecule has 5 nitrogen and oxygen atoms in total. The molecule has 0 aliphatic carbocycles. The van der Waals surface area contributed by atoms with Crippen molar-refractivity contribution in [2.75, 3.05) is 13.1 Å². The highest BCUT2D eigenvalue weighted by atomic mass is 19.4. The van der Waals surface area contributed by atoms with E-state index in [9.17, 15) is 22.8 Å². The number of piperidine rings is 1. The Morgan fingerprint density at radius 2 is 1.86 bits per heavy atom. The van der Waals surface area contributed by atoms with Crippen LogP contribution in [-0.4, -0.2) is 28.9 Å². The van der Waals surface area contributed by atoms with E-state index in [4.69, 9.17) is 0 Å². The van der Waals surface area contributed by atoms with Crippen molar-refractivity contribution < 1.29 is 18.0 Å². The zero-order valence-electron chi connectivity index (χ0n) is 15.3. The molecular formula is C20H22F3N3O2. The molecule has 2 N–H and O–H groups in total. The molecule has 1 amide bonds. The summed E-state index contributed by atoms with van der Waals surface area (Å²) in [6, 6.07) is 7.88. The van der Waals surface area contributed by atoms with Crippen molar-refractivity contribution in [3.8, 4) is 0 Å². The number of carbonyl (C=O) groups excluding carboxylic acids is 1. The van der Waals surface area contributed by atoms with E-state index in [1.807, 2.05) is 0 Å². The van der Waals surface area contributed by atoms with Crippen LogP contribution in [0.5, 0.6) is 0 Å². The number of likely N-dealkylation sites (tertiary alicyclic amines) is 1. The number of amides is 1. The Morgan fingerprint density at radius 3 is 2.54 bits per heavy atom. The highest BCUT2D eigenvalue weighted by molar-refractivity contribution is 5.93. The topological polar surface area (TPSA) is 65.2 Å². The largest absolute Gasteiger partial charge is 0.416 e. The highest BCUT2D eigenvalue weighted by Crippen LogP contribution is 2.29. The van der Waals surface area contributed by atoms with Gasteiger partial charge in [-0.05, 0) is 55.8 Å². The summed E-state index contributed by atoms with van der Waals surface area (Å²) in [4.78, 5) is 29.5. The first-order valence-electron chi connectivity index (χ1n) is 9.22. The molecule has 2 aromatic rings. The quantitative estimate of drug-likeness (QED) is 0.819. The molecular weight excluding hydrogens is 371 g/mol. The van der Waals surface area contributed by atoms with E-state index >= 15 is 0 Å². The van der Waals surface area contributed by atoms with Crippen LogP contribution in [0, 0.1) is 0 Å². The van der Waals surface area contributed by atoms with Gasteiger partial charge in [-0.15, -0.1) is 0 Å². The summed E-state index contributed by atoms with van der Waals surface area (Å²) in [6.45, 7) is 2.50. The van der Waals surface area contributed by atoms with Crippen LogP contribution in [0.3, 0.4) is 0 Å². The van der Waals surface area contributed by atoms with Gasteiger partial charge in [0.05, 0.1) is 5.56 Å². The van der Waals surface area contributed by atoms with Gasteiger partial charge < -0.3 is 10.3 Å². The molecule has 2 heterocycles. The molecule has 0 bridgehead atoms. The lowest BCUT2D eigenvalue weighted by atomic mass is 10.1. The van der Waals surface area contributed by atoms with Gasteiger partial charge in [0.1, 0.15) is 5.56 Å². The van der Waals surface area contributed by atoms with Crippen LogP contribution in [0.2, 0.25) is 0 Å². The fourth-order valence-corrected chi connectivity index (χ4v) is 3.28. The fraction of sp³-hybridized carbons (Fsp3) is 0.400. The third-order valence-electron chi connectivity index (χ3n) is 4.76. The number of halogens is 3. The maximum Gasteiger partial charge on any atom is 0.416 e. The van der Waals surface area contributed by atoms with E-state index < -0.39 is 23.2 Å². The molecule has 1 aliphatic rings. The number of aromatic nitrogens is 1. The average molecular weight is 393 g/mol. The number of carbonyl (C=O) groups is 1. The highest BCUT2D eigenvalue weighted by Gasteiger charge is 2.30. The first-order chi connectivity index (χ1) is 13.3. The van der Waals surface area contributed by atoms with E-state index in [2.05, 4.69) is 15.2 Å². The van der Waals surface area contributed by atoms with Crippen molar-refractivity contribution in [2.24, 2.45) is 0 Å². The predicted octanol–water partition coefficient (Wildman–Crippen LogP) is 3.31. The Labute approximate surface area is 160 Å². The lowest BCUT2D eigenvalue weighted by Crippen LogP contribution is -2.32. The fourth-order valence-electron chi connectivity index (χ4n) is 3.28. The van der Waals surface area contributed by atoms with Crippen molar-refractivity contribution in [1.82, 2.24) is 15.2 Å². The number of hydrogen-bond donors (Lipinski definition) is 2. The second-order valence-electron chi connectivity index (χ2n) is 6.94. The minimum absolute atomic E-state index is 0.0608. The number of rotatable bonds is 5. The van der Waals surface area contributed by atoms with Crippen LogP contribution in [0.25, 0.3) is 0 Å². The number of H-pyrrole nitrogens is 1. The Hall–Kier alpha value is -2.61. The number of aromatic amines is 1. The molecule has 1 aromatic carbocycles. The van der Waals surface area contributed by atoms with Gasteiger partial charge in [0.15, 0.2) is 0 Å². The maximum atomic E-state index is 12.8. The Bertz CT molecular complexity index is 887. The van der Waals surface area contributed by atoms with E-state index in [-0.39, 0.29) is 12.1 Å². The van der Waals surface area contributed by atoms with Crippen LogP contribution in [-0.2, 0) is 19.3 Å². The van der Waals surface area contributed by atoms with Crippen LogP contribution < -0.4 is 10.9 Å². The Morgan fingerprint density at radius 1 is 1.11 bits per heavy atom. The molecule has 1 fully saturated rings. The standard InChI is InChI=1S/C20H22F3N3O2/c21-20(22,23)15-6-4-5-14(11-15)12-24-18(27)17-8-7-16(25-19(17)28)13-26-9-2-1-3-10-26/h4-8,11H,1-3,9-10,12-13H2,(H,24,27)(H,25,28). The molecule has 1 aliphatic heterocycles. The predicted molar refractivity (Wildman–Crippen MR) is 98.8 cm³/mol. The summed E-state index contributed by atoms with van der Waals surface area (Å²) in [7, 11) is 0. The summed E-state index contributed by atoms with van der Waals surface area (Å²) in [6.07, 6.45) is -0.945. The molecule has 8 heteroatoms. The molecule has 0 spiro atoms. The molecule has 0 atom stereocenters. The number of alkyl halides is 3. The monoisotopic (exact) mass is 393 g/mol. The van der Waals surface area contributed by atoms with Gasteiger partial charge in [-0.1, -0.05) is 18.6 Å².